The van der Waals surface area contributed by atoms with Crippen LogP contribution < -0.4 is 5.63 Å². The molecule has 2 aromatic heterocycles. The Morgan fingerprint density at radius 2 is 1.62 bits per heavy atom. The second-order valence-corrected chi connectivity index (χ2v) is 8.55. The molecule has 6 heteroatoms. The number of fused-ring (bicyclic) bond motifs is 1. The summed E-state index contributed by atoms with van der Waals surface area (Å²) in [5.74, 6) is -0.109. The molecule has 0 spiro atoms. The van der Waals surface area contributed by atoms with Crippen molar-refractivity contribution in [1.29, 1.82) is 0 Å². The number of benzene rings is 2. The van der Waals surface area contributed by atoms with Crippen molar-refractivity contribution in [2.75, 3.05) is 19.6 Å². The summed E-state index contributed by atoms with van der Waals surface area (Å²) in [6, 6.07) is 20.6. The van der Waals surface area contributed by atoms with Gasteiger partial charge in [0.2, 0.25) is 0 Å². The van der Waals surface area contributed by atoms with E-state index in [1.165, 1.54) is 4.68 Å². The Bertz CT molecular complexity index is 1300. The topological polar surface area (TPSA) is 68.3 Å². The molecule has 0 radical (unpaired) electrons. The fourth-order valence-electron chi connectivity index (χ4n) is 4.05. The van der Waals surface area contributed by atoms with Crippen LogP contribution in [0.2, 0.25) is 0 Å². The molecule has 0 aliphatic heterocycles. The summed E-state index contributed by atoms with van der Waals surface area (Å²) in [5.41, 5.74) is 2.37. The maximum Gasteiger partial charge on any atom is 0.345 e. The molecule has 4 rings (SSSR count). The molecule has 6 nitrogen and oxygen atoms in total. The Kier molecular flexibility index (Phi) is 7.70. The first-order valence-electron chi connectivity index (χ1n) is 12.0. The Morgan fingerprint density at radius 3 is 2.32 bits per heavy atom. The number of rotatable bonds is 10. The van der Waals surface area contributed by atoms with Crippen LogP contribution in [0.3, 0.4) is 0 Å². The second-order valence-electron chi connectivity index (χ2n) is 8.55. The van der Waals surface area contributed by atoms with Crippen LogP contribution in [0.4, 0.5) is 0 Å². The standard InChI is InChI=1S/C28H31N3O3/c1-3-5-16-30(17-6-4-2)20-27(32)31-25(21-12-8-7-9-13-21)19-24(29-31)23-18-22-14-10-11-15-26(22)34-28(23)33/h7-15,18-19H,3-6,16-17,20H2,1-2H3. The molecular formula is C28H31N3O3. The van der Waals surface area contributed by atoms with Crippen molar-refractivity contribution in [2.45, 2.75) is 39.5 Å². The van der Waals surface area contributed by atoms with Crippen LogP contribution in [-0.2, 0) is 0 Å². The van der Waals surface area contributed by atoms with Crippen LogP contribution in [-0.4, -0.2) is 40.2 Å². The van der Waals surface area contributed by atoms with Gasteiger partial charge in [0.15, 0.2) is 0 Å². The summed E-state index contributed by atoms with van der Waals surface area (Å²) in [5, 5.41) is 5.43. The first kappa shape index (κ1) is 23.6. The predicted molar refractivity (Wildman–Crippen MR) is 136 cm³/mol. The normalized spacial score (nSPS) is 11.4. The van der Waals surface area contributed by atoms with Gasteiger partial charge in [0.25, 0.3) is 5.91 Å². The highest BCUT2D eigenvalue weighted by molar-refractivity contribution is 5.87. The molecule has 0 saturated heterocycles. The number of aromatic nitrogens is 2. The van der Waals surface area contributed by atoms with Crippen molar-refractivity contribution in [2.24, 2.45) is 0 Å². The number of hydrogen-bond acceptors (Lipinski definition) is 5. The molecule has 0 bridgehead atoms. The van der Waals surface area contributed by atoms with Crippen LogP contribution in [0.5, 0.6) is 0 Å². The van der Waals surface area contributed by atoms with Crippen LogP contribution in [0.15, 0.2) is 75.9 Å². The minimum absolute atomic E-state index is 0.109. The van der Waals surface area contributed by atoms with Crippen molar-refractivity contribution >= 4 is 16.9 Å². The van der Waals surface area contributed by atoms with E-state index in [9.17, 15) is 9.59 Å². The molecule has 4 aromatic rings. The quantitative estimate of drug-likeness (QED) is 0.279. The van der Waals surface area contributed by atoms with E-state index in [4.69, 9.17) is 4.42 Å². The van der Waals surface area contributed by atoms with Gasteiger partial charge in [-0.2, -0.15) is 9.78 Å². The molecule has 0 amide bonds. The molecule has 0 saturated carbocycles. The maximum atomic E-state index is 13.5. The van der Waals surface area contributed by atoms with E-state index in [1.54, 1.807) is 18.2 Å². The smallest absolute Gasteiger partial charge is 0.345 e. The largest absolute Gasteiger partial charge is 0.422 e. The lowest BCUT2D eigenvalue weighted by atomic mass is 10.1. The van der Waals surface area contributed by atoms with E-state index >= 15 is 0 Å². The van der Waals surface area contributed by atoms with Gasteiger partial charge < -0.3 is 4.42 Å². The fraction of sp³-hybridized carbons (Fsp3) is 0.321. The van der Waals surface area contributed by atoms with Crippen molar-refractivity contribution in [1.82, 2.24) is 14.7 Å². The van der Waals surface area contributed by atoms with E-state index in [1.807, 2.05) is 48.5 Å². The van der Waals surface area contributed by atoms with Gasteiger partial charge >= 0.3 is 5.63 Å². The molecule has 34 heavy (non-hydrogen) atoms. The number of unbranched alkanes of at least 4 members (excludes halogenated alkanes) is 2. The lowest BCUT2D eigenvalue weighted by Crippen LogP contribution is -2.35. The van der Waals surface area contributed by atoms with Gasteiger partial charge in [-0.3, -0.25) is 9.69 Å². The Labute approximate surface area is 199 Å². The first-order valence-corrected chi connectivity index (χ1v) is 12.0. The van der Waals surface area contributed by atoms with Crippen molar-refractivity contribution in [3.8, 4) is 22.5 Å². The van der Waals surface area contributed by atoms with Crippen molar-refractivity contribution in [3.05, 3.63) is 77.2 Å². The average molecular weight is 458 g/mol. The first-order chi connectivity index (χ1) is 16.6. The summed E-state index contributed by atoms with van der Waals surface area (Å²) in [6.07, 6.45) is 4.25. The van der Waals surface area contributed by atoms with E-state index in [0.717, 1.165) is 49.7 Å². The van der Waals surface area contributed by atoms with E-state index < -0.39 is 5.63 Å². The van der Waals surface area contributed by atoms with Crippen LogP contribution in [0, 0.1) is 0 Å². The fourth-order valence-corrected chi connectivity index (χ4v) is 4.05. The number of para-hydroxylation sites is 1. The van der Waals surface area contributed by atoms with Gasteiger partial charge in [-0.05, 0) is 44.1 Å². The molecular weight excluding hydrogens is 426 g/mol. The van der Waals surface area contributed by atoms with Crippen molar-refractivity contribution in [3.63, 3.8) is 0 Å². The summed E-state index contributed by atoms with van der Waals surface area (Å²) in [4.78, 5) is 28.4. The number of nitrogens with zero attached hydrogens (tertiary/aromatic N) is 3. The van der Waals surface area contributed by atoms with Gasteiger partial charge in [0.05, 0.1) is 17.8 Å². The predicted octanol–water partition coefficient (Wildman–Crippen LogP) is 5.87. The van der Waals surface area contributed by atoms with E-state index in [2.05, 4.69) is 23.8 Å². The zero-order valence-corrected chi connectivity index (χ0v) is 19.9. The third-order valence-corrected chi connectivity index (χ3v) is 5.95. The van der Waals surface area contributed by atoms with Gasteiger partial charge in [0.1, 0.15) is 11.3 Å². The van der Waals surface area contributed by atoms with Gasteiger partial charge in [-0.15, -0.1) is 0 Å². The summed E-state index contributed by atoms with van der Waals surface area (Å²) in [6.45, 7) is 6.36. The molecule has 176 valence electrons. The zero-order chi connectivity index (χ0) is 23.9. The lowest BCUT2D eigenvalue weighted by Gasteiger charge is -2.21. The number of carbonyl (C=O) groups excluding carboxylic acids is 1. The monoisotopic (exact) mass is 457 g/mol. The highest BCUT2D eigenvalue weighted by Gasteiger charge is 2.21. The molecule has 0 aliphatic carbocycles. The molecule has 0 N–H and O–H groups in total. The van der Waals surface area contributed by atoms with Crippen LogP contribution >= 0.6 is 0 Å². The van der Waals surface area contributed by atoms with Gasteiger partial charge in [0, 0.05) is 10.9 Å². The van der Waals surface area contributed by atoms with E-state index in [-0.39, 0.29) is 12.5 Å². The molecule has 0 fully saturated rings. The summed E-state index contributed by atoms with van der Waals surface area (Å²) in [7, 11) is 0. The second kappa shape index (κ2) is 11.1. The zero-order valence-electron chi connectivity index (χ0n) is 19.9. The molecule has 2 aromatic carbocycles. The van der Waals surface area contributed by atoms with Gasteiger partial charge in [-0.25, -0.2) is 4.79 Å². The van der Waals surface area contributed by atoms with E-state index in [0.29, 0.717) is 22.5 Å². The minimum atomic E-state index is -0.470. The summed E-state index contributed by atoms with van der Waals surface area (Å²) >= 11 is 0. The molecule has 0 aliphatic rings. The minimum Gasteiger partial charge on any atom is -0.422 e. The van der Waals surface area contributed by atoms with Crippen LogP contribution in [0.1, 0.15) is 44.3 Å². The van der Waals surface area contributed by atoms with Crippen LogP contribution in [0.25, 0.3) is 33.5 Å². The molecule has 2 heterocycles. The van der Waals surface area contributed by atoms with Crippen molar-refractivity contribution < 1.29 is 9.21 Å². The molecule has 0 unspecified atom stereocenters. The SMILES string of the molecule is CCCCN(CCCC)CC(=O)n1nc(-c2cc3ccccc3oc2=O)cc1-c1ccccc1. The Morgan fingerprint density at radius 1 is 0.941 bits per heavy atom. The van der Waals surface area contributed by atoms with Gasteiger partial charge in [-0.1, -0.05) is 75.2 Å². The number of hydrogen-bond donors (Lipinski definition) is 0. The number of carbonyl (C=O) groups is 1. The molecule has 0 atom stereocenters. The highest BCUT2D eigenvalue weighted by atomic mass is 16.4. The Hall–Kier alpha value is -3.51. The average Bonchev–Trinajstić information content (AvgIpc) is 3.31. The third kappa shape index (κ3) is 5.34. The summed E-state index contributed by atoms with van der Waals surface area (Å²) < 4.78 is 6.97. The maximum absolute atomic E-state index is 13.5. The lowest BCUT2D eigenvalue weighted by molar-refractivity contribution is 0.0832. The third-order valence-electron chi connectivity index (χ3n) is 5.95. The highest BCUT2D eigenvalue weighted by Crippen LogP contribution is 2.26. The Balaban J connectivity index is 1.74.